The summed E-state index contributed by atoms with van der Waals surface area (Å²) in [6.45, 7) is 5.58. The number of amides is 1. The molecule has 1 aliphatic heterocycles. The van der Waals surface area contributed by atoms with Crippen LogP contribution in [0.2, 0.25) is 0 Å². The first-order chi connectivity index (χ1) is 16.7. The minimum absolute atomic E-state index is 0.0643. The van der Waals surface area contributed by atoms with Crippen molar-refractivity contribution in [2.24, 2.45) is 5.41 Å². The molecular weight excluding hydrogens is 442 g/mol. The summed E-state index contributed by atoms with van der Waals surface area (Å²) in [4.78, 5) is 23.8. The third-order valence-electron chi connectivity index (χ3n) is 7.18. The normalized spacial score (nSPS) is 25.7. The van der Waals surface area contributed by atoms with Crippen molar-refractivity contribution in [1.29, 1.82) is 15.8 Å². The molecule has 2 heterocycles. The molecular formula is C26H23N7O2. The molecule has 1 aromatic carbocycles. The molecule has 1 N–H and O–H groups in total. The summed E-state index contributed by atoms with van der Waals surface area (Å²) in [6, 6.07) is 9.83. The van der Waals surface area contributed by atoms with E-state index in [2.05, 4.69) is 21.4 Å². The number of rotatable bonds is 6. The molecule has 9 nitrogen and oxygen atoms in total. The molecule has 35 heavy (non-hydrogen) atoms. The fraction of sp³-hybridized carbons (Fsp3) is 0.385. The van der Waals surface area contributed by atoms with Crippen molar-refractivity contribution in [2.45, 2.75) is 51.6 Å². The van der Waals surface area contributed by atoms with Crippen LogP contribution in [0.1, 0.15) is 65.0 Å². The van der Waals surface area contributed by atoms with Gasteiger partial charge < -0.3 is 15.0 Å². The van der Waals surface area contributed by atoms with E-state index in [1.807, 2.05) is 45.0 Å². The highest BCUT2D eigenvalue weighted by atomic mass is 16.5. The average Bonchev–Trinajstić information content (AvgIpc) is 3.01. The molecule has 0 radical (unpaired) electrons. The van der Waals surface area contributed by atoms with Crippen molar-refractivity contribution < 1.29 is 9.53 Å². The molecule has 3 fully saturated rings. The van der Waals surface area contributed by atoms with E-state index in [1.165, 1.54) is 11.0 Å². The monoisotopic (exact) mass is 465 g/mol. The second-order valence-corrected chi connectivity index (χ2v) is 9.76. The Morgan fingerprint density at radius 3 is 2.49 bits per heavy atom. The number of allylic oxidation sites excluding steroid dienone is 1. The number of carbonyl (C=O) groups excluding carboxylic acids is 1. The number of benzene rings is 1. The summed E-state index contributed by atoms with van der Waals surface area (Å²) in [5.74, 6) is 0.833. The van der Waals surface area contributed by atoms with Gasteiger partial charge in [0.05, 0.1) is 35.2 Å². The predicted molar refractivity (Wildman–Crippen MR) is 126 cm³/mol. The highest BCUT2D eigenvalue weighted by Gasteiger charge is 2.69. The van der Waals surface area contributed by atoms with E-state index in [-0.39, 0.29) is 40.9 Å². The zero-order valence-corrected chi connectivity index (χ0v) is 19.7. The molecule has 9 heteroatoms. The van der Waals surface area contributed by atoms with Crippen LogP contribution in [0.3, 0.4) is 0 Å². The van der Waals surface area contributed by atoms with E-state index in [1.54, 1.807) is 6.08 Å². The molecule has 1 atom stereocenters. The quantitative estimate of drug-likeness (QED) is 0.491. The lowest BCUT2D eigenvalue weighted by Crippen LogP contribution is -2.70. The van der Waals surface area contributed by atoms with Crippen LogP contribution in [0.4, 0.5) is 5.95 Å². The van der Waals surface area contributed by atoms with E-state index in [9.17, 15) is 15.3 Å². The summed E-state index contributed by atoms with van der Waals surface area (Å²) in [6.07, 6.45) is 5.34. The smallest absolute Gasteiger partial charge is 0.274 e. The lowest BCUT2D eigenvalue weighted by atomic mass is 9.40. The van der Waals surface area contributed by atoms with E-state index in [0.29, 0.717) is 11.3 Å². The lowest BCUT2D eigenvalue weighted by Gasteiger charge is -2.66. The van der Waals surface area contributed by atoms with Crippen molar-refractivity contribution in [2.75, 3.05) is 11.9 Å². The highest BCUT2D eigenvalue weighted by molar-refractivity contribution is 5.98. The van der Waals surface area contributed by atoms with E-state index in [0.717, 1.165) is 36.0 Å². The van der Waals surface area contributed by atoms with Crippen LogP contribution in [0.15, 0.2) is 18.2 Å². The van der Waals surface area contributed by atoms with Gasteiger partial charge in [-0.15, -0.1) is 0 Å². The molecule has 0 spiro atoms. The minimum Gasteiger partial charge on any atom is -0.438 e. The zero-order valence-electron chi connectivity index (χ0n) is 19.7. The lowest BCUT2D eigenvalue weighted by molar-refractivity contribution is -0.0665. The van der Waals surface area contributed by atoms with Gasteiger partial charge in [-0.3, -0.25) is 4.79 Å². The zero-order chi connectivity index (χ0) is 25.0. The molecule has 1 amide bonds. The van der Waals surface area contributed by atoms with Crippen LogP contribution >= 0.6 is 0 Å². The molecule has 3 saturated carbocycles. The maximum atomic E-state index is 13.1. The number of fused-ring (bicyclic) bond motifs is 1. The van der Waals surface area contributed by atoms with Crippen LogP contribution in [-0.4, -0.2) is 32.9 Å². The van der Waals surface area contributed by atoms with Crippen LogP contribution < -0.4 is 10.1 Å². The maximum absolute atomic E-state index is 13.1. The Labute approximate surface area is 203 Å². The summed E-state index contributed by atoms with van der Waals surface area (Å²) >= 11 is 0. The largest absolute Gasteiger partial charge is 0.438 e. The Morgan fingerprint density at radius 1 is 1.20 bits per heavy atom. The second-order valence-electron chi connectivity index (χ2n) is 9.76. The Kier molecular flexibility index (Phi) is 5.00. The molecule has 2 aromatic rings. The number of nitriles is 3. The molecule has 2 bridgehead atoms. The summed E-state index contributed by atoms with van der Waals surface area (Å²) < 4.78 is 6.35. The highest BCUT2D eigenvalue weighted by Crippen LogP contribution is 2.67. The van der Waals surface area contributed by atoms with Gasteiger partial charge >= 0.3 is 0 Å². The van der Waals surface area contributed by atoms with Crippen molar-refractivity contribution in [3.8, 4) is 29.8 Å². The topological polar surface area (TPSA) is 139 Å². The first-order valence-corrected chi connectivity index (χ1v) is 11.4. The second kappa shape index (κ2) is 7.82. The number of aryl methyl sites for hydroxylation is 2. The van der Waals surface area contributed by atoms with Gasteiger partial charge in [-0.05, 0) is 74.9 Å². The molecule has 6 rings (SSSR count). The number of nitrogens with one attached hydrogen (secondary N) is 1. The van der Waals surface area contributed by atoms with Gasteiger partial charge in [-0.1, -0.05) is 0 Å². The van der Waals surface area contributed by atoms with E-state index in [4.69, 9.17) is 10.00 Å². The van der Waals surface area contributed by atoms with Crippen molar-refractivity contribution in [3.05, 3.63) is 46.2 Å². The van der Waals surface area contributed by atoms with Gasteiger partial charge in [0.25, 0.3) is 5.91 Å². The van der Waals surface area contributed by atoms with Crippen molar-refractivity contribution in [1.82, 2.24) is 14.9 Å². The number of nitrogens with zero attached hydrogens (tertiary/aromatic N) is 6. The van der Waals surface area contributed by atoms with Gasteiger partial charge in [0.15, 0.2) is 0 Å². The van der Waals surface area contributed by atoms with Crippen molar-refractivity contribution in [3.63, 3.8) is 0 Å². The number of aromatic nitrogens is 2. The Balaban J connectivity index is 1.54. The van der Waals surface area contributed by atoms with Gasteiger partial charge in [0.1, 0.15) is 18.0 Å². The fourth-order valence-electron chi connectivity index (χ4n) is 5.62. The van der Waals surface area contributed by atoms with Crippen LogP contribution in [0.25, 0.3) is 6.08 Å². The number of hydrogen-bond donors (Lipinski definition) is 1. The van der Waals surface area contributed by atoms with E-state index < -0.39 is 6.04 Å². The molecule has 174 valence electrons. The number of anilines is 1. The predicted octanol–water partition coefficient (Wildman–Crippen LogP) is 4.32. The van der Waals surface area contributed by atoms with Gasteiger partial charge in [-0.2, -0.15) is 20.8 Å². The maximum Gasteiger partial charge on any atom is 0.274 e. The van der Waals surface area contributed by atoms with E-state index >= 15 is 0 Å². The summed E-state index contributed by atoms with van der Waals surface area (Å²) in [7, 11) is 0. The van der Waals surface area contributed by atoms with Crippen molar-refractivity contribution >= 4 is 17.9 Å². The van der Waals surface area contributed by atoms with Crippen LogP contribution in [0, 0.1) is 53.3 Å². The fourth-order valence-corrected chi connectivity index (χ4v) is 5.62. The first-order valence-electron chi connectivity index (χ1n) is 11.4. The minimum atomic E-state index is -0.420. The van der Waals surface area contributed by atoms with Gasteiger partial charge in [-0.25, -0.2) is 4.98 Å². The average molecular weight is 466 g/mol. The third kappa shape index (κ3) is 3.47. The molecule has 1 unspecified atom stereocenters. The Morgan fingerprint density at radius 2 is 1.89 bits per heavy atom. The number of carbonyl (C=O) groups is 1. The Hall–Kier alpha value is -4.42. The molecule has 1 aromatic heterocycles. The number of hydrogen-bond acceptors (Lipinski definition) is 8. The SMILES string of the molecule is Cc1cc(/C=C/C#N)cc(C)c1Oc1nc(NC23CC(C#N)(C2)C3)nc2c1C(C)N(CC#N)C2=O. The first kappa shape index (κ1) is 22.4. The molecule has 4 aliphatic rings. The number of ether oxygens (including phenoxy) is 1. The summed E-state index contributed by atoms with van der Waals surface area (Å²) in [5.41, 5.74) is 2.90. The van der Waals surface area contributed by atoms with Crippen LogP contribution in [-0.2, 0) is 0 Å². The third-order valence-corrected chi connectivity index (χ3v) is 7.18. The van der Waals surface area contributed by atoms with Crippen LogP contribution in [0.5, 0.6) is 11.6 Å². The summed E-state index contributed by atoms with van der Waals surface area (Å²) in [5, 5.41) is 30.7. The Bertz CT molecular complexity index is 1380. The molecule has 0 saturated heterocycles. The molecule has 3 aliphatic carbocycles. The standard InChI is InChI=1S/C26H23N7O2/c1-15-9-18(5-4-6-27)10-16(2)21(15)35-22-19-17(3)33(8-7-28)23(34)20(19)30-24(31-22)32-26-11-25(12-26,13-26)14-29/h4-5,9-10,17H,8,11-13H2,1-3H3,(H,30,31,32)/b5-4+. The van der Waals surface area contributed by atoms with Gasteiger partial charge in [0, 0.05) is 11.6 Å². The van der Waals surface area contributed by atoms with Gasteiger partial charge in [0.2, 0.25) is 11.8 Å².